The van der Waals surface area contributed by atoms with Gasteiger partial charge in [0.2, 0.25) is 0 Å². The van der Waals surface area contributed by atoms with Crippen LogP contribution in [-0.2, 0) is 6.61 Å². The van der Waals surface area contributed by atoms with Crippen LogP contribution in [0.1, 0.15) is 28.4 Å². The van der Waals surface area contributed by atoms with Crippen molar-refractivity contribution < 1.29 is 9.90 Å². The van der Waals surface area contributed by atoms with Gasteiger partial charge >= 0.3 is 0 Å². The molecule has 1 rings (SSSR count). The molecule has 3 heteroatoms. The molecule has 1 aromatic rings. The van der Waals surface area contributed by atoms with E-state index < -0.39 is 0 Å². The SMILES string of the molecule is CNC(C)C(=O)c1ccc(CO)c(C)c1. The number of hydrogen-bond donors (Lipinski definition) is 2. The molecule has 0 bridgehead atoms. The number of likely N-dealkylation sites (N-methyl/N-ethyl adjacent to an activating group) is 1. The maximum Gasteiger partial charge on any atom is 0.179 e. The van der Waals surface area contributed by atoms with Crippen molar-refractivity contribution in [3.05, 3.63) is 34.9 Å². The van der Waals surface area contributed by atoms with Gasteiger partial charge in [0, 0.05) is 5.56 Å². The monoisotopic (exact) mass is 207 g/mol. The number of aliphatic hydroxyl groups is 1. The molecule has 1 unspecified atom stereocenters. The van der Waals surface area contributed by atoms with Gasteiger partial charge in [0.1, 0.15) is 0 Å². The quantitative estimate of drug-likeness (QED) is 0.731. The van der Waals surface area contributed by atoms with Crippen LogP contribution in [0.15, 0.2) is 18.2 Å². The van der Waals surface area contributed by atoms with E-state index in [1.54, 1.807) is 19.2 Å². The Morgan fingerprint density at radius 3 is 2.67 bits per heavy atom. The highest BCUT2D eigenvalue weighted by Crippen LogP contribution is 2.12. The maximum absolute atomic E-state index is 11.8. The maximum atomic E-state index is 11.8. The Morgan fingerprint density at radius 1 is 1.53 bits per heavy atom. The fraction of sp³-hybridized carbons (Fsp3) is 0.417. The third-order valence-corrected chi connectivity index (χ3v) is 2.62. The Morgan fingerprint density at radius 2 is 2.20 bits per heavy atom. The Bertz CT molecular complexity index is 361. The van der Waals surface area contributed by atoms with E-state index in [0.717, 1.165) is 11.1 Å². The van der Waals surface area contributed by atoms with Crippen LogP contribution in [0.25, 0.3) is 0 Å². The zero-order chi connectivity index (χ0) is 11.4. The molecule has 0 aliphatic heterocycles. The molecule has 82 valence electrons. The Hall–Kier alpha value is -1.19. The van der Waals surface area contributed by atoms with Crippen LogP contribution in [0.4, 0.5) is 0 Å². The smallest absolute Gasteiger partial charge is 0.179 e. The van der Waals surface area contributed by atoms with Crippen molar-refractivity contribution in [2.45, 2.75) is 26.5 Å². The van der Waals surface area contributed by atoms with Gasteiger partial charge in [-0.2, -0.15) is 0 Å². The number of carbonyl (C=O) groups is 1. The average Bonchev–Trinajstić information content (AvgIpc) is 2.26. The van der Waals surface area contributed by atoms with E-state index in [1.165, 1.54) is 0 Å². The molecule has 15 heavy (non-hydrogen) atoms. The van der Waals surface area contributed by atoms with Crippen LogP contribution in [0, 0.1) is 6.92 Å². The van der Waals surface area contributed by atoms with Crippen molar-refractivity contribution in [3.63, 3.8) is 0 Å². The van der Waals surface area contributed by atoms with Crippen LogP contribution < -0.4 is 5.32 Å². The number of benzene rings is 1. The minimum Gasteiger partial charge on any atom is -0.392 e. The number of aryl methyl sites for hydroxylation is 1. The van der Waals surface area contributed by atoms with Crippen LogP contribution in [0.2, 0.25) is 0 Å². The minimum absolute atomic E-state index is 0.0158. The molecular formula is C12H17NO2. The number of Topliss-reactive ketones (excluding diaryl/α,β-unsaturated/α-hetero) is 1. The summed E-state index contributed by atoms with van der Waals surface area (Å²) in [6.45, 7) is 3.74. The Labute approximate surface area is 90.1 Å². The number of hydrogen-bond acceptors (Lipinski definition) is 3. The highest BCUT2D eigenvalue weighted by Gasteiger charge is 2.13. The summed E-state index contributed by atoms with van der Waals surface area (Å²) in [7, 11) is 1.76. The molecular weight excluding hydrogens is 190 g/mol. The van der Waals surface area contributed by atoms with E-state index in [1.807, 2.05) is 19.9 Å². The highest BCUT2D eigenvalue weighted by atomic mass is 16.3. The third-order valence-electron chi connectivity index (χ3n) is 2.62. The van der Waals surface area contributed by atoms with Crippen LogP contribution in [-0.4, -0.2) is 24.0 Å². The van der Waals surface area contributed by atoms with Crippen LogP contribution >= 0.6 is 0 Å². The first-order chi connectivity index (χ1) is 7.10. The largest absolute Gasteiger partial charge is 0.392 e. The van der Waals surface area contributed by atoms with Crippen molar-refractivity contribution in [1.29, 1.82) is 0 Å². The van der Waals surface area contributed by atoms with Crippen molar-refractivity contribution in [2.24, 2.45) is 0 Å². The topological polar surface area (TPSA) is 49.3 Å². The van der Waals surface area contributed by atoms with Crippen LogP contribution in [0.5, 0.6) is 0 Å². The van der Waals surface area contributed by atoms with Gasteiger partial charge in [0.05, 0.1) is 12.6 Å². The van der Waals surface area contributed by atoms with Gasteiger partial charge in [0.15, 0.2) is 5.78 Å². The lowest BCUT2D eigenvalue weighted by Gasteiger charge is -2.10. The van der Waals surface area contributed by atoms with Crippen molar-refractivity contribution in [3.8, 4) is 0 Å². The fourth-order valence-electron chi connectivity index (χ4n) is 1.41. The van der Waals surface area contributed by atoms with Gasteiger partial charge in [-0.25, -0.2) is 0 Å². The average molecular weight is 207 g/mol. The molecule has 1 aromatic carbocycles. The van der Waals surface area contributed by atoms with E-state index in [2.05, 4.69) is 5.32 Å². The predicted octanol–water partition coefficient (Wildman–Crippen LogP) is 1.28. The summed E-state index contributed by atoms with van der Waals surface area (Å²) in [5, 5.41) is 11.9. The van der Waals surface area contributed by atoms with E-state index in [-0.39, 0.29) is 18.4 Å². The first kappa shape index (κ1) is 11.9. The first-order valence-electron chi connectivity index (χ1n) is 5.02. The van der Waals surface area contributed by atoms with Gasteiger partial charge in [-0.15, -0.1) is 0 Å². The van der Waals surface area contributed by atoms with Gasteiger partial charge in [0.25, 0.3) is 0 Å². The second kappa shape index (κ2) is 5.05. The van der Waals surface area contributed by atoms with Gasteiger partial charge in [-0.05, 0) is 38.1 Å². The summed E-state index contributed by atoms with van der Waals surface area (Å²) in [4.78, 5) is 11.8. The van der Waals surface area contributed by atoms with Crippen LogP contribution in [0.3, 0.4) is 0 Å². The second-order valence-electron chi connectivity index (χ2n) is 3.67. The summed E-state index contributed by atoms with van der Waals surface area (Å²) in [5.41, 5.74) is 2.50. The zero-order valence-electron chi connectivity index (χ0n) is 9.37. The molecule has 0 amide bonds. The van der Waals surface area contributed by atoms with E-state index in [9.17, 15) is 4.79 Å². The highest BCUT2D eigenvalue weighted by molar-refractivity contribution is 6.00. The lowest BCUT2D eigenvalue weighted by Crippen LogP contribution is -2.30. The van der Waals surface area contributed by atoms with Crippen molar-refractivity contribution >= 4 is 5.78 Å². The Balaban J connectivity index is 2.97. The Kier molecular flexibility index (Phi) is 4.00. The number of nitrogens with one attached hydrogen (secondary N) is 1. The zero-order valence-corrected chi connectivity index (χ0v) is 9.37. The lowest BCUT2D eigenvalue weighted by atomic mass is 10.00. The molecule has 0 spiro atoms. The van der Waals surface area contributed by atoms with Gasteiger partial charge in [-0.1, -0.05) is 12.1 Å². The normalized spacial score (nSPS) is 12.5. The summed E-state index contributed by atoms with van der Waals surface area (Å²) in [5.74, 6) is 0.0742. The van der Waals surface area contributed by atoms with E-state index in [0.29, 0.717) is 5.56 Å². The van der Waals surface area contributed by atoms with E-state index >= 15 is 0 Å². The summed E-state index contributed by atoms with van der Waals surface area (Å²) in [6, 6.07) is 5.20. The predicted molar refractivity (Wildman–Crippen MR) is 60.0 cm³/mol. The van der Waals surface area contributed by atoms with Gasteiger partial charge in [-0.3, -0.25) is 4.79 Å². The first-order valence-corrected chi connectivity index (χ1v) is 5.02. The second-order valence-corrected chi connectivity index (χ2v) is 3.67. The number of carbonyl (C=O) groups excluding carboxylic acids is 1. The third kappa shape index (κ3) is 2.64. The fourth-order valence-corrected chi connectivity index (χ4v) is 1.41. The molecule has 0 radical (unpaired) electrons. The number of ketones is 1. The molecule has 0 heterocycles. The number of aliphatic hydroxyl groups excluding tert-OH is 1. The molecule has 3 nitrogen and oxygen atoms in total. The van der Waals surface area contributed by atoms with E-state index in [4.69, 9.17) is 5.11 Å². The van der Waals surface area contributed by atoms with Gasteiger partial charge < -0.3 is 10.4 Å². The summed E-state index contributed by atoms with van der Waals surface area (Å²) >= 11 is 0. The molecule has 0 saturated carbocycles. The minimum atomic E-state index is -0.177. The lowest BCUT2D eigenvalue weighted by molar-refractivity contribution is 0.0955. The standard InChI is InChI=1S/C12H17NO2/c1-8-6-10(4-5-11(8)7-14)12(15)9(2)13-3/h4-6,9,13-14H,7H2,1-3H3. The summed E-state index contributed by atoms with van der Waals surface area (Å²) in [6.07, 6.45) is 0. The molecule has 0 aliphatic carbocycles. The molecule has 0 aromatic heterocycles. The van der Waals surface area contributed by atoms with Crippen molar-refractivity contribution in [1.82, 2.24) is 5.32 Å². The van der Waals surface area contributed by atoms with Crippen molar-refractivity contribution in [2.75, 3.05) is 7.05 Å². The molecule has 0 saturated heterocycles. The molecule has 0 aliphatic rings. The molecule has 0 fully saturated rings. The molecule has 1 atom stereocenters. The molecule has 2 N–H and O–H groups in total. The summed E-state index contributed by atoms with van der Waals surface area (Å²) < 4.78 is 0. The number of rotatable bonds is 4.